The quantitative estimate of drug-likeness (QED) is 0.617. The molecule has 2 aliphatic heterocycles. The number of hydrogen-bond donors (Lipinski definition) is 1. The van der Waals surface area contributed by atoms with Crippen LogP contribution in [0, 0.1) is 0 Å². The fourth-order valence-corrected chi connectivity index (χ4v) is 3.67. The summed E-state index contributed by atoms with van der Waals surface area (Å²) in [6.07, 6.45) is 0. The van der Waals surface area contributed by atoms with Crippen molar-refractivity contribution in [3.8, 4) is 5.75 Å². The maximum atomic E-state index is 13.0. The van der Waals surface area contributed by atoms with E-state index in [9.17, 15) is 19.2 Å². The highest BCUT2D eigenvalue weighted by atomic mass is 16.5. The number of imide groups is 2. The number of ether oxygens (including phenoxy) is 1. The maximum absolute atomic E-state index is 13.0. The molecule has 0 radical (unpaired) electrons. The van der Waals surface area contributed by atoms with Gasteiger partial charge in [-0.2, -0.15) is 0 Å². The van der Waals surface area contributed by atoms with E-state index in [0.717, 1.165) is 9.80 Å². The minimum Gasteiger partial charge on any atom is -0.497 e. The highest BCUT2D eigenvalue weighted by Gasteiger charge is 2.49. The molecule has 0 aromatic heterocycles. The summed E-state index contributed by atoms with van der Waals surface area (Å²) in [6, 6.07) is 12.9. The van der Waals surface area contributed by atoms with Gasteiger partial charge in [0.05, 0.1) is 18.2 Å². The number of urea groups is 1. The van der Waals surface area contributed by atoms with Gasteiger partial charge in [-0.25, -0.2) is 4.79 Å². The SMILES string of the molecule is COc1cccc([C@@]2(C)NC(=O)N(CCN3C(=O)c4ccccc4C3=O)C2=O)c1. The first-order valence-electron chi connectivity index (χ1n) is 9.10. The second-order valence-electron chi connectivity index (χ2n) is 7.05. The Morgan fingerprint density at radius 1 is 0.897 bits per heavy atom. The molecule has 29 heavy (non-hydrogen) atoms. The Balaban J connectivity index is 1.52. The summed E-state index contributed by atoms with van der Waals surface area (Å²) in [5, 5.41) is 2.71. The van der Waals surface area contributed by atoms with Crippen LogP contribution >= 0.6 is 0 Å². The Bertz CT molecular complexity index is 1020. The molecule has 1 N–H and O–H groups in total. The number of carbonyl (C=O) groups is 4. The molecule has 1 saturated heterocycles. The molecule has 0 spiro atoms. The minimum atomic E-state index is -1.26. The summed E-state index contributed by atoms with van der Waals surface area (Å²) in [5.74, 6) is -0.732. The Morgan fingerprint density at radius 2 is 1.52 bits per heavy atom. The molecular formula is C21H19N3O5. The van der Waals surface area contributed by atoms with Crippen LogP contribution in [-0.4, -0.2) is 53.8 Å². The van der Waals surface area contributed by atoms with Crippen molar-refractivity contribution in [2.45, 2.75) is 12.5 Å². The van der Waals surface area contributed by atoms with Crippen molar-refractivity contribution in [2.24, 2.45) is 0 Å². The Hall–Kier alpha value is -3.68. The van der Waals surface area contributed by atoms with Gasteiger partial charge in [-0.3, -0.25) is 24.2 Å². The van der Waals surface area contributed by atoms with Gasteiger partial charge in [0, 0.05) is 13.1 Å². The van der Waals surface area contributed by atoms with Crippen molar-refractivity contribution in [2.75, 3.05) is 20.2 Å². The van der Waals surface area contributed by atoms with E-state index in [0.29, 0.717) is 22.4 Å². The number of nitrogens with zero attached hydrogens (tertiary/aromatic N) is 2. The van der Waals surface area contributed by atoms with Gasteiger partial charge in [-0.1, -0.05) is 24.3 Å². The van der Waals surface area contributed by atoms with E-state index >= 15 is 0 Å². The van der Waals surface area contributed by atoms with Gasteiger partial charge < -0.3 is 10.1 Å². The molecule has 1 fully saturated rings. The van der Waals surface area contributed by atoms with Crippen LogP contribution in [0.3, 0.4) is 0 Å². The Kier molecular flexibility index (Phi) is 4.34. The van der Waals surface area contributed by atoms with Gasteiger partial charge in [-0.05, 0) is 36.8 Å². The van der Waals surface area contributed by atoms with Crippen molar-refractivity contribution < 1.29 is 23.9 Å². The molecule has 0 saturated carbocycles. The molecule has 148 valence electrons. The summed E-state index contributed by atoms with van der Waals surface area (Å²) >= 11 is 0. The van der Waals surface area contributed by atoms with Gasteiger partial charge in [0.1, 0.15) is 11.3 Å². The first kappa shape index (κ1) is 18.7. The largest absolute Gasteiger partial charge is 0.497 e. The third-order valence-corrected chi connectivity index (χ3v) is 5.35. The smallest absolute Gasteiger partial charge is 0.325 e. The number of carbonyl (C=O) groups excluding carboxylic acids is 4. The number of methoxy groups -OCH3 is 1. The molecular weight excluding hydrogens is 374 g/mol. The van der Waals surface area contributed by atoms with Crippen LogP contribution in [0.15, 0.2) is 48.5 Å². The minimum absolute atomic E-state index is 0.0697. The van der Waals surface area contributed by atoms with Crippen LogP contribution in [0.2, 0.25) is 0 Å². The molecule has 0 aliphatic carbocycles. The molecule has 8 nitrogen and oxygen atoms in total. The van der Waals surface area contributed by atoms with Crippen LogP contribution in [0.25, 0.3) is 0 Å². The third kappa shape index (κ3) is 2.84. The fraction of sp³-hybridized carbons (Fsp3) is 0.238. The zero-order valence-corrected chi connectivity index (χ0v) is 16.0. The van der Waals surface area contributed by atoms with Crippen LogP contribution in [-0.2, 0) is 10.3 Å². The number of hydrogen-bond acceptors (Lipinski definition) is 5. The van der Waals surface area contributed by atoms with E-state index in [4.69, 9.17) is 4.74 Å². The third-order valence-electron chi connectivity index (χ3n) is 5.35. The Morgan fingerprint density at radius 3 is 2.14 bits per heavy atom. The zero-order chi connectivity index (χ0) is 20.8. The van der Waals surface area contributed by atoms with Crippen LogP contribution < -0.4 is 10.1 Å². The number of benzene rings is 2. The first-order chi connectivity index (χ1) is 13.9. The molecule has 0 unspecified atom stereocenters. The predicted octanol–water partition coefficient (Wildman–Crippen LogP) is 1.76. The Labute approximate surface area is 167 Å². The lowest BCUT2D eigenvalue weighted by molar-refractivity contribution is -0.131. The van der Waals surface area contributed by atoms with E-state index in [1.54, 1.807) is 55.5 Å². The molecule has 2 aliphatic rings. The van der Waals surface area contributed by atoms with E-state index < -0.39 is 29.3 Å². The molecule has 5 amide bonds. The normalized spacial score (nSPS) is 20.9. The first-order valence-corrected chi connectivity index (χ1v) is 9.10. The summed E-state index contributed by atoms with van der Waals surface area (Å²) in [6.45, 7) is 1.46. The molecule has 2 aromatic rings. The van der Waals surface area contributed by atoms with Crippen LogP contribution in [0.5, 0.6) is 5.75 Å². The number of fused-ring (bicyclic) bond motifs is 1. The highest BCUT2D eigenvalue weighted by Crippen LogP contribution is 2.31. The monoisotopic (exact) mass is 393 g/mol. The lowest BCUT2D eigenvalue weighted by atomic mass is 9.92. The van der Waals surface area contributed by atoms with Gasteiger partial charge in [-0.15, -0.1) is 0 Å². The van der Waals surface area contributed by atoms with E-state index in [1.165, 1.54) is 7.11 Å². The maximum Gasteiger partial charge on any atom is 0.325 e. The van der Waals surface area contributed by atoms with Crippen molar-refractivity contribution in [1.82, 2.24) is 15.1 Å². The topological polar surface area (TPSA) is 96.0 Å². The molecule has 2 heterocycles. The van der Waals surface area contributed by atoms with Crippen LogP contribution in [0.1, 0.15) is 33.2 Å². The van der Waals surface area contributed by atoms with Crippen LogP contribution in [0.4, 0.5) is 4.79 Å². The zero-order valence-electron chi connectivity index (χ0n) is 16.0. The molecule has 2 aromatic carbocycles. The van der Waals surface area contributed by atoms with Crippen molar-refractivity contribution in [3.63, 3.8) is 0 Å². The van der Waals surface area contributed by atoms with Crippen molar-refractivity contribution in [3.05, 3.63) is 65.2 Å². The molecule has 0 bridgehead atoms. The van der Waals surface area contributed by atoms with Crippen molar-refractivity contribution >= 4 is 23.8 Å². The lowest BCUT2D eigenvalue weighted by Crippen LogP contribution is -2.43. The summed E-state index contributed by atoms with van der Waals surface area (Å²) in [5.41, 5.74) is -0.0153. The number of rotatable bonds is 5. The number of nitrogens with one attached hydrogen (secondary N) is 1. The average Bonchev–Trinajstić information content (AvgIpc) is 3.11. The standard InChI is InChI=1S/C21H19N3O5/c1-21(13-6-5-7-14(12-13)29-2)19(27)24(20(28)22-21)11-10-23-17(25)15-8-3-4-9-16(15)18(23)26/h3-9,12H,10-11H2,1-2H3,(H,22,28)/t21-/m1/s1. The van der Waals surface area contributed by atoms with Gasteiger partial charge in [0.15, 0.2) is 0 Å². The second-order valence-corrected chi connectivity index (χ2v) is 7.05. The second kappa shape index (κ2) is 6.73. The predicted molar refractivity (Wildman–Crippen MR) is 102 cm³/mol. The molecule has 1 atom stereocenters. The van der Waals surface area contributed by atoms with E-state index in [-0.39, 0.29) is 13.1 Å². The van der Waals surface area contributed by atoms with Crippen molar-refractivity contribution in [1.29, 1.82) is 0 Å². The highest BCUT2D eigenvalue weighted by molar-refractivity contribution is 6.21. The van der Waals surface area contributed by atoms with Gasteiger partial charge in [0.2, 0.25) is 0 Å². The summed E-state index contributed by atoms with van der Waals surface area (Å²) in [7, 11) is 1.52. The summed E-state index contributed by atoms with van der Waals surface area (Å²) in [4.78, 5) is 52.6. The summed E-state index contributed by atoms with van der Waals surface area (Å²) < 4.78 is 5.20. The van der Waals surface area contributed by atoms with Gasteiger partial charge >= 0.3 is 6.03 Å². The van der Waals surface area contributed by atoms with E-state index in [1.807, 2.05) is 0 Å². The van der Waals surface area contributed by atoms with Gasteiger partial charge in [0.25, 0.3) is 17.7 Å². The molecule has 4 rings (SSSR count). The molecule has 8 heteroatoms. The fourth-order valence-electron chi connectivity index (χ4n) is 3.67. The lowest BCUT2D eigenvalue weighted by Gasteiger charge is -2.23. The van der Waals surface area contributed by atoms with E-state index in [2.05, 4.69) is 5.32 Å². The average molecular weight is 393 g/mol. The number of amides is 5.